The van der Waals surface area contributed by atoms with E-state index in [-0.39, 0.29) is 6.42 Å². The van der Waals surface area contributed by atoms with Crippen molar-refractivity contribution in [1.29, 1.82) is 0 Å². The first-order valence-corrected chi connectivity index (χ1v) is 5.97. The zero-order chi connectivity index (χ0) is 13.8. The molecule has 0 unspecified atom stereocenters. The maximum atomic E-state index is 9.37. The summed E-state index contributed by atoms with van der Waals surface area (Å²) in [5.74, 6) is 0.299. The highest BCUT2D eigenvalue weighted by molar-refractivity contribution is 5.79. The van der Waals surface area contributed by atoms with Crippen LogP contribution in [0.15, 0.2) is 4.99 Å². The summed E-state index contributed by atoms with van der Waals surface area (Å²) >= 11 is 0. The lowest BCUT2D eigenvalue weighted by atomic mass is 10.3. The lowest BCUT2D eigenvalue weighted by Gasteiger charge is -2.25. The molecule has 0 radical (unpaired) electrons. The molecule has 0 aromatic heterocycles. The number of aliphatic imine (C=N–C) groups is 1. The molecule has 0 saturated carbocycles. The molecule has 102 valence electrons. The van der Waals surface area contributed by atoms with Gasteiger partial charge in [-0.15, -0.1) is 0 Å². The van der Waals surface area contributed by atoms with Crippen LogP contribution in [0.3, 0.4) is 0 Å². The van der Waals surface area contributed by atoms with Gasteiger partial charge in [-0.2, -0.15) is 0 Å². The molecular formula is C12H27N3O2. The predicted molar refractivity (Wildman–Crippen MR) is 72.5 cm³/mol. The number of rotatable bonds is 4. The number of carboxylic acid groups (broad SMARTS) is 1. The molecule has 0 aromatic carbocycles. The summed E-state index contributed by atoms with van der Waals surface area (Å²) in [6.07, 6.45) is 2.68. The molecule has 0 atom stereocenters. The Hall–Kier alpha value is -1.26. The standard InChI is InChI=1S/C9H21N3.C3H6O2/c1-6-7-8-12(5)9(10-2)11(3)4;1-2-3(4)5/h6-8H2,1-5H3;2H2,1H3,(H,4,5). The van der Waals surface area contributed by atoms with Crippen molar-refractivity contribution in [2.24, 2.45) is 4.99 Å². The Morgan fingerprint density at radius 2 is 1.71 bits per heavy atom. The molecule has 0 aromatic rings. The van der Waals surface area contributed by atoms with Gasteiger partial charge in [-0.1, -0.05) is 20.3 Å². The topological polar surface area (TPSA) is 56.1 Å². The van der Waals surface area contributed by atoms with Gasteiger partial charge in [-0.3, -0.25) is 9.79 Å². The van der Waals surface area contributed by atoms with Crippen molar-refractivity contribution in [1.82, 2.24) is 9.80 Å². The summed E-state index contributed by atoms with van der Waals surface area (Å²) in [7, 11) is 7.95. The highest BCUT2D eigenvalue weighted by Gasteiger charge is 2.05. The summed E-state index contributed by atoms with van der Waals surface area (Å²) in [6, 6.07) is 0. The quantitative estimate of drug-likeness (QED) is 0.605. The molecule has 0 fully saturated rings. The fourth-order valence-electron chi connectivity index (χ4n) is 1.21. The second kappa shape index (κ2) is 11.2. The molecule has 0 amide bonds. The van der Waals surface area contributed by atoms with Crippen molar-refractivity contribution >= 4 is 11.9 Å². The highest BCUT2D eigenvalue weighted by atomic mass is 16.4. The number of guanidine groups is 1. The Kier molecular flexibility index (Phi) is 12.0. The van der Waals surface area contributed by atoms with Crippen LogP contribution in [0.5, 0.6) is 0 Å². The summed E-state index contributed by atoms with van der Waals surface area (Å²) in [5, 5.41) is 7.72. The van der Waals surface area contributed by atoms with Crippen LogP contribution >= 0.6 is 0 Å². The average molecular weight is 245 g/mol. The lowest BCUT2D eigenvalue weighted by Crippen LogP contribution is -2.38. The number of hydrogen-bond donors (Lipinski definition) is 1. The first kappa shape index (κ1) is 18.1. The maximum Gasteiger partial charge on any atom is 0.303 e. The van der Waals surface area contributed by atoms with Crippen molar-refractivity contribution in [3.8, 4) is 0 Å². The Morgan fingerprint density at radius 3 is 1.94 bits per heavy atom. The molecule has 17 heavy (non-hydrogen) atoms. The van der Waals surface area contributed by atoms with Gasteiger partial charge < -0.3 is 14.9 Å². The van der Waals surface area contributed by atoms with Crippen molar-refractivity contribution in [2.45, 2.75) is 33.1 Å². The molecule has 0 spiro atoms. The van der Waals surface area contributed by atoms with Crippen LogP contribution in [0.25, 0.3) is 0 Å². The first-order valence-electron chi connectivity index (χ1n) is 5.97. The molecule has 5 nitrogen and oxygen atoms in total. The monoisotopic (exact) mass is 245 g/mol. The van der Waals surface area contributed by atoms with Gasteiger partial charge in [-0.05, 0) is 6.42 Å². The second-order valence-corrected chi connectivity index (χ2v) is 3.94. The molecule has 0 aliphatic carbocycles. The third-order valence-electron chi connectivity index (χ3n) is 2.09. The van der Waals surface area contributed by atoms with E-state index >= 15 is 0 Å². The molecule has 0 aliphatic rings. The van der Waals surface area contributed by atoms with Crippen LogP contribution in [0.4, 0.5) is 0 Å². The van der Waals surface area contributed by atoms with E-state index in [2.05, 4.69) is 23.9 Å². The molecule has 0 aliphatic heterocycles. The molecule has 0 rings (SSSR count). The van der Waals surface area contributed by atoms with Crippen LogP contribution in [-0.2, 0) is 4.79 Å². The van der Waals surface area contributed by atoms with Gasteiger partial charge >= 0.3 is 5.97 Å². The number of unbranched alkanes of at least 4 members (excludes halogenated alkanes) is 1. The summed E-state index contributed by atoms with van der Waals surface area (Å²) in [6.45, 7) is 4.88. The zero-order valence-electron chi connectivity index (χ0n) is 12.0. The maximum absolute atomic E-state index is 9.37. The van der Waals surface area contributed by atoms with Gasteiger partial charge in [0.15, 0.2) is 5.96 Å². The first-order chi connectivity index (χ1) is 7.90. The van der Waals surface area contributed by atoms with Crippen LogP contribution in [0.2, 0.25) is 0 Å². The Balaban J connectivity index is 0. The highest BCUT2D eigenvalue weighted by Crippen LogP contribution is 1.95. The van der Waals surface area contributed by atoms with E-state index in [1.807, 2.05) is 26.0 Å². The zero-order valence-corrected chi connectivity index (χ0v) is 12.0. The van der Waals surface area contributed by atoms with E-state index in [0.29, 0.717) is 0 Å². The second-order valence-electron chi connectivity index (χ2n) is 3.94. The van der Waals surface area contributed by atoms with Gasteiger partial charge in [0.05, 0.1) is 0 Å². The minimum absolute atomic E-state index is 0.222. The Morgan fingerprint density at radius 1 is 1.24 bits per heavy atom. The Labute approximate surface area is 105 Å². The fourth-order valence-corrected chi connectivity index (χ4v) is 1.21. The van der Waals surface area contributed by atoms with Crippen molar-refractivity contribution < 1.29 is 9.90 Å². The summed E-state index contributed by atoms with van der Waals surface area (Å²) < 4.78 is 0. The minimum Gasteiger partial charge on any atom is -0.481 e. The third kappa shape index (κ3) is 11.0. The van der Waals surface area contributed by atoms with Crippen LogP contribution in [0.1, 0.15) is 33.1 Å². The van der Waals surface area contributed by atoms with E-state index in [9.17, 15) is 4.79 Å². The molecular weight excluding hydrogens is 218 g/mol. The van der Waals surface area contributed by atoms with Gasteiger partial charge in [0.2, 0.25) is 0 Å². The van der Waals surface area contributed by atoms with E-state index in [4.69, 9.17) is 5.11 Å². The lowest BCUT2D eigenvalue weighted by molar-refractivity contribution is -0.136. The predicted octanol–water partition coefficient (Wildman–Crippen LogP) is 1.75. The number of aliphatic carboxylic acids is 1. The smallest absolute Gasteiger partial charge is 0.303 e. The van der Waals surface area contributed by atoms with Gasteiger partial charge in [0.25, 0.3) is 0 Å². The van der Waals surface area contributed by atoms with E-state index < -0.39 is 5.97 Å². The molecule has 0 bridgehead atoms. The largest absolute Gasteiger partial charge is 0.481 e. The van der Waals surface area contributed by atoms with E-state index in [1.165, 1.54) is 12.8 Å². The minimum atomic E-state index is -0.745. The number of nitrogens with zero attached hydrogens (tertiary/aromatic N) is 3. The van der Waals surface area contributed by atoms with Crippen LogP contribution in [-0.4, -0.2) is 61.6 Å². The Bertz CT molecular complexity index is 228. The van der Waals surface area contributed by atoms with Gasteiger partial charge in [0.1, 0.15) is 0 Å². The van der Waals surface area contributed by atoms with E-state index in [0.717, 1.165) is 12.5 Å². The van der Waals surface area contributed by atoms with Crippen LogP contribution in [0, 0.1) is 0 Å². The van der Waals surface area contributed by atoms with Crippen molar-refractivity contribution in [3.05, 3.63) is 0 Å². The van der Waals surface area contributed by atoms with E-state index in [1.54, 1.807) is 6.92 Å². The van der Waals surface area contributed by atoms with Gasteiger partial charge in [0, 0.05) is 41.2 Å². The van der Waals surface area contributed by atoms with Crippen molar-refractivity contribution in [2.75, 3.05) is 34.7 Å². The summed E-state index contributed by atoms with van der Waals surface area (Å²) in [5.41, 5.74) is 0. The average Bonchev–Trinajstić information content (AvgIpc) is 2.27. The molecule has 0 heterocycles. The number of carbonyl (C=O) groups is 1. The number of carboxylic acids is 1. The molecule has 1 N–H and O–H groups in total. The normalized spacial score (nSPS) is 10.4. The number of hydrogen-bond acceptors (Lipinski definition) is 2. The third-order valence-corrected chi connectivity index (χ3v) is 2.09. The summed E-state index contributed by atoms with van der Waals surface area (Å²) in [4.78, 5) is 17.8. The molecule has 0 saturated heterocycles. The van der Waals surface area contributed by atoms with Crippen molar-refractivity contribution in [3.63, 3.8) is 0 Å². The fraction of sp³-hybridized carbons (Fsp3) is 0.833. The van der Waals surface area contributed by atoms with Gasteiger partial charge in [-0.25, -0.2) is 0 Å². The molecule has 5 heteroatoms. The SMILES string of the molecule is CCC(=O)O.CCCCN(C)C(=NC)N(C)C. The van der Waals surface area contributed by atoms with Crippen LogP contribution < -0.4 is 0 Å².